The van der Waals surface area contributed by atoms with Crippen molar-refractivity contribution in [3.8, 4) is 5.75 Å². The van der Waals surface area contributed by atoms with E-state index in [1.54, 1.807) is 29.3 Å². The Morgan fingerprint density at radius 2 is 2.10 bits per heavy atom. The maximum Gasteiger partial charge on any atom is 0.227 e. The van der Waals surface area contributed by atoms with Gasteiger partial charge in [0.2, 0.25) is 5.91 Å². The van der Waals surface area contributed by atoms with Gasteiger partial charge in [0.1, 0.15) is 5.75 Å². The van der Waals surface area contributed by atoms with Gasteiger partial charge in [-0.3, -0.25) is 9.78 Å². The summed E-state index contributed by atoms with van der Waals surface area (Å²) >= 11 is 0. The fraction of sp³-hybridized carbons (Fsp3) is 0.250. The van der Waals surface area contributed by atoms with Crippen LogP contribution in [0.25, 0.3) is 0 Å². The highest BCUT2D eigenvalue weighted by Gasteiger charge is 2.14. The molecule has 20 heavy (non-hydrogen) atoms. The molecule has 0 bridgehead atoms. The number of pyridine rings is 1. The number of hydrogen-bond donors (Lipinski definition) is 1. The molecule has 1 aromatic carbocycles. The van der Waals surface area contributed by atoms with E-state index in [0.717, 1.165) is 11.4 Å². The maximum atomic E-state index is 12.3. The third-order valence-corrected chi connectivity index (χ3v) is 3.08. The van der Waals surface area contributed by atoms with Gasteiger partial charge in [-0.1, -0.05) is 12.1 Å². The first-order valence-electron chi connectivity index (χ1n) is 6.70. The van der Waals surface area contributed by atoms with Gasteiger partial charge < -0.3 is 10.0 Å². The van der Waals surface area contributed by atoms with Gasteiger partial charge in [0.15, 0.2) is 0 Å². The zero-order valence-electron chi connectivity index (χ0n) is 11.5. The lowest BCUT2D eigenvalue weighted by atomic mass is 10.2. The summed E-state index contributed by atoms with van der Waals surface area (Å²) < 4.78 is 0. The minimum Gasteiger partial charge on any atom is -0.508 e. The lowest BCUT2D eigenvalue weighted by molar-refractivity contribution is -0.118. The van der Waals surface area contributed by atoms with Crippen molar-refractivity contribution < 1.29 is 9.90 Å². The average Bonchev–Trinajstić information content (AvgIpc) is 2.47. The minimum absolute atomic E-state index is 0.0313. The second kappa shape index (κ2) is 6.70. The molecule has 2 aromatic rings. The summed E-state index contributed by atoms with van der Waals surface area (Å²) in [6.07, 6.45) is 2.75. The van der Waals surface area contributed by atoms with Gasteiger partial charge in [0.05, 0.1) is 0 Å². The van der Waals surface area contributed by atoms with Gasteiger partial charge in [-0.05, 0) is 37.6 Å². The molecule has 0 aliphatic heterocycles. The van der Waals surface area contributed by atoms with Crippen LogP contribution in [0.3, 0.4) is 0 Å². The number of aromatic hydroxyl groups is 1. The Hall–Kier alpha value is -2.36. The van der Waals surface area contributed by atoms with E-state index in [9.17, 15) is 9.90 Å². The molecule has 4 heteroatoms. The average molecular weight is 270 g/mol. The number of nitrogens with zero attached hydrogens (tertiary/aromatic N) is 2. The molecule has 1 aromatic heterocycles. The molecule has 4 nitrogen and oxygen atoms in total. The van der Waals surface area contributed by atoms with Crippen molar-refractivity contribution in [3.63, 3.8) is 0 Å². The summed E-state index contributed by atoms with van der Waals surface area (Å²) in [5.41, 5.74) is 1.63. The Morgan fingerprint density at radius 1 is 1.25 bits per heavy atom. The van der Waals surface area contributed by atoms with Crippen LogP contribution in [-0.4, -0.2) is 22.5 Å². The number of aryl methyl sites for hydroxylation is 1. The summed E-state index contributed by atoms with van der Waals surface area (Å²) in [7, 11) is 0. The Morgan fingerprint density at radius 3 is 2.75 bits per heavy atom. The zero-order chi connectivity index (χ0) is 14.4. The van der Waals surface area contributed by atoms with E-state index in [1.807, 2.05) is 31.2 Å². The molecule has 2 rings (SSSR count). The Labute approximate surface area is 118 Å². The van der Waals surface area contributed by atoms with Crippen LogP contribution >= 0.6 is 0 Å². The van der Waals surface area contributed by atoms with Crippen LogP contribution in [-0.2, 0) is 11.2 Å². The van der Waals surface area contributed by atoms with Crippen LogP contribution in [0.5, 0.6) is 5.75 Å². The van der Waals surface area contributed by atoms with E-state index in [0.29, 0.717) is 19.4 Å². The molecule has 104 valence electrons. The van der Waals surface area contributed by atoms with Crippen molar-refractivity contribution in [2.45, 2.75) is 19.8 Å². The van der Waals surface area contributed by atoms with Gasteiger partial charge >= 0.3 is 0 Å². The monoisotopic (exact) mass is 270 g/mol. The summed E-state index contributed by atoms with van der Waals surface area (Å²) in [6, 6.07) is 12.4. The van der Waals surface area contributed by atoms with E-state index in [1.165, 1.54) is 0 Å². The predicted octanol–water partition coefficient (Wildman–Crippen LogP) is 2.77. The second-order valence-electron chi connectivity index (χ2n) is 4.48. The van der Waals surface area contributed by atoms with Crippen LogP contribution in [0.1, 0.15) is 19.0 Å². The molecular formula is C16H18N2O2. The van der Waals surface area contributed by atoms with E-state index >= 15 is 0 Å². The second-order valence-corrected chi connectivity index (χ2v) is 4.48. The number of amides is 1. The number of benzene rings is 1. The molecule has 1 amide bonds. The number of phenolic OH excluding ortho intramolecular Hbond substituents is 1. The normalized spacial score (nSPS) is 10.2. The largest absolute Gasteiger partial charge is 0.508 e. The van der Waals surface area contributed by atoms with Crippen LogP contribution in [0.2, 0.25) is 0 Å². The summed E-state index contributed by atoms with van der Waals surface area (Å²) in [4.78, 5) is 18.2. The lowest BCUT2D eigenvalue weighted by Crippen LogP contribution is -2.30. The van der Waals surface area contributed by atoms with Gasteiger partial charge in [-0.2, -0.15) is 0 Å². The van der Waals surface area contributed by atoms with Gasteiger partial charge in [-0.15, -0.1) is 0 Å². The van der Waals surface area contributed by atoms with Crippen molar-refractivity contribution in [1.29, 1.82) is 0 Å². The molecule has 0 spiro atoms. The molecule has 1 heterocycles. The van der Waals surface area contributed by atoms with Crippen LogP contribution < -0.4 is 4.90 Å². The van der Waals surface area contributed by atoms with Gasteiger partial charge in [0.25, 0.3) is 0 Å². The Kier molecular flexibility index (Phi) is 4.71. The van der Waals surface area contributed by atoms with Crippen LogP contribution in [0, 0.1) is 0 Å². The lowest BCUT2D eigenvalue weighted by Gasteiger charge is -2.21. The molecule has 0 saturated heterocycles. The third-order valence-electron chi connectivity index (χ3n) is 3.08. The highest BCUT2D eigenvalue weighted by molar-refractivity contribution is 5.93. The van der Waals surface area contributed by atoms with Crippen molar-refractivity contribution in [2.24, 2.45) is 0 Å². The predicted molar refractivity (Wildman–Crippen MR) is 78.7 cm³/mol. The SMILES string of the molecule is CCN(C(=O)CCc1ccccn1)c1cccc(O)c1. The molecular weight excluding hydrogens is 252 g/mol. The topological polar surface area (TPSA) is 53.4 Å². The highest BCUT2D eigenvalue weighted by Crippen LogP contribution is 2.20. The number of aromatic nitrogens is 1. The van der Waals surface area contributed by atoms with E-state index in [2.05, 4.69) is 4.98 Å². The molecule has 0 fully saturated rings. The minimum atomic E-state index is 0.0313. The smallest absolute Gasteiger partial charge is 0.227 e. The van der Waals surface area contributed by atoms with Crippen molar-refractivity contribution in [2.75, 3.05) is 11.4 Å². The summed E-state index contributed by atoms with van der Waals surface area (Å²) in [6.45, 7) is 2.49. The fourth-order valence-electron chi connectivity index (χ4n) is 2.08. The Bertz CT molecular complexity index is 570. The maximum absolute atomic E-state index is 12.3. The van der Waals surface area contributed by atoms with Crippen molar-refractivity contribution in [3.05, 3.63) is 54.4 Å². The van der Waals surface area contributed by atoms with Crippen molar-refractivity contribution >= 4 is 11.6 Å². The standard InChI is InChI=1S/C16H18N2O2/c1-2-18(14-7-5-8-15(19)12-14)16(20)10-9-13-6-3-4-11-17-13/h3-8,11-12,19H,2,9-10H2,1H3. The third kappa shape index (κ3) is 3.57. The molecule has 0 aliphatic carbocycles. The summed E-state index contributed by atoms with van der Waals surface area (Å²) in [5.74, 6) is 0.197. The molecule has 0 unspecified atom stereocenters. The summed E-state index contributed by atoms with van der Waals surface area (Å²) in [5, 5.41) is 9.50. The zero-order valence-corrected chi connectivity index (χ0v) is 11.5. The number of carbonyl (C=O) groups excluding carboxylic acids is 1. The fourth-order valence-corrected chi connectivity index (χ4v) is 2.08. The molecule has 1 N–H and O–H groups in total. The van der Waals surface area contributed by atoms with E-state index in [4.69, 9.17) is 0 Å². The number of hydrogen-bond acceptors (Lipinski definition) is 3. The first-order valence-corrected chi connectivity index (χ1v) is 6.70. The molecule has 0 atom stereocenters. The first kappa shape index (κ1) is 14.1. The Balaban J connectivity index is 2.02. The van der Waals surface area contributed by atoms with Gasteiger partial charge in [0, 0.05) is 36.6 Å². The quantitative estimate of drug-likeness (QED) is 0.909. The molecule has 0 radical (unpaired) electrons. The van der Waals surface area contributed by atoms with Crippen LogP contribution in [0.4, 0.5) is 5.69 Å². The number of phenols is 1. The molecule has 0 saturated carbocycles. The van der Waals surface area contributed by atoms with Crippen LogP contribution in [0.15, 0.2) is 48.7 Å². The van der Waals surface area contributed by atoms with Crippen molar-refractivity contribution in [1.82, 2.24) is 4.98 Å². The van der Waals surface area contributed by atoms with E-state index < -0.39 is 0 Å². The highest BCUT2D eigenvalue weighted by atomic mass is 16.3. The number of carbonyl (C=O) groups is 1. The number of rotatable bonds is 5. The van der Waals surface area contributed by atoms with E-state index in [-0.39, 0.29) is 11.7 Å². The number of anilines is 1. The molecule has 0 aliphatic rings. The first-order chi connectivity index (χ1) is 9.70. The van der Waals surface area contributed by atoms with Gasteiger partial charge in [-0.25, -0.2) is 0 Å².